The van der Waals surface area contributed by atoms with E-state index in [4.69, 9.17) is 33.2 Å². The van der Waals surface area contributed by atoms with E-state index in [-0.39, 0.29) is 5.69 Å². The number of aliphatic imine (C=N–C) groups is 1. The molecule has 0 saturated carbocycles. The second-order valence-electron chi connectivity index (χ2n) is 9.78. The van der Waals surface area contributed by atoms with Crippen LogP contribution in [0, 0.1) is 0 Å². The van der Waals surface area contributed by atoms with E-state index in [2.05, 4.69) is 10.3 Å². The number of carbonyl (C=O) groups is 6. The molecule has 1 N–H and O–H groups in total. The van der Waals surface area contributed by atoms with Crippen molar-refractivity contribution in [3.05, 3.63) is 30.3 Å². The highest BCUT2D eigenvalue weighted by molar-refractivity contribution is 5.89. The molecule has 1 aliphatic heterocycles. The summed E-state index contributed by atoms with van der Waals surface area (Å²) >= 11 is 0. The molecule has 18 heteroatoms. The zero-order valence-corrected chi connectivity index (χ0v) is 25.6. The highest BCUT2D eigenvalue weighted by Crippen LogP contribution is 2.39. The Morgan fingerprint density at radius 1 is 0.957 bits per heavy atom. The third kappa shape index (κ3) is 10.7. The lowest BCUT2D eigenvalue weighted by atomic mass is 9.88. The Morgan fingerprint density at radius 3 is 2.04 bits per heavy atom. The molecule has 0 radical (unpaired) electrons. The molecule has 1 aliphatic rings. The van der Waals surface area contributed by atoms with Crippen LogP contribution in [0.1, 0.15) is 41.0 Å². The lowest BCUT2D eigenvalue weighted by Gasteiger charge is -2.48. The standard InChI is InChI=1S/C28H33F3N2O13/c1-14(34)32-22-20(42-16(3)36)12-27(26(39)40-6,46-25(28(29,30)31)33-19-10-8-7-9-11-19)45-24(22)23(44-18(5)38)21(43-17(4)37)13-41-15(2)35/h7-11,20-24H,12-13H2,1-6H3,(H,32,34)/t20-,21+,22+,23+,24+,27?/m0/s1. The summed E-state index contributed by atoms with van der Waals surface area (Å²) in [7, 11) is 0.792. The van der Waals surface area contributed by atoms with E-state index in [9.17, 15) is 41.9 Å². The second-order valence-corrected chi connectivity index (χ2v) is 9.78. The van der Waals surface area contributed by atoms with Crippen molar-refractivity contribution in [3.63, 3.8) is 0 Å². The van der Waals surface area contributed by atoms with Crippen molar-refractivity contribution in [1.29, 1.82) is 0 Å². The first kappa shape index (κ1) is 37.4. The topological polar surface area (TPSA) is 191 Å². The molecule has 2 rings (SSSR count). The van der Waals surface area contributed by atoms with Gasteiger partial charge in [0, 0.05) is 34.6 Å². The maximum Gasteiger partial charge on any atom is 0.468 e. The fourth-order valence-corrected chi connectivity index (χ4v) is 4.42. The number of carbonyl (C=O) groups excluding carboxylic acids is 6. The zero-order chi connectivity index (χ0) is 34.8. The predicted molar refractivity (Wildman–Crippen MR) is 146 cm³/mol. The normalized spacial score (nSPS) is 22.7. The molecule has 46 heavy (non-hydrogen) atoms. The molecular formula is C28H33F3N2O13. The van der Waals surface area contributed by atoms with Crippen LogP contribution in [0.4, 0.5) is 18.9 Å². The maximum atomic E-state index is 14.3. The van der Waals surface area contributed by atoms with Gasteiger partial charge in [-0.25, -0.2) is 9.79 Å². The average molecular weight is 663 g/mol. The molecule has 1 heterocycles. The highest BCUT2D eigenvalue weighted by Gasteiger charge is 2.62. The van der Waals surface area contributed by atoms with E-state index in [0.29, 0.717) is 0 Å². The Morgan fingerprint density at radius 2 is 1.57 bits per heavy atom. The molecule has 6 atom stereocenters. The predicted octanol–water partition coefficient (Wildman–Crippen LogP) is 1.82. The van der Waals surface area contributed by atoms with Gasteiger partial charge in [0.05, 0.1) is 25.3 Å². The molecule has 0 bridgehead atoms. The zero-order valence-electron chi connectivity index (χ0n) is 25.6. The molecule has 1 saturated heterocycles. The van der Waals surface area contributed by atoms with Gasteiger partial charge in [-0.05, 0) is 12.1 Å². The van der Waals surface area contributed by atoms with Crippen molar-refractivity contribution in [2.45, 2.75) is 83.5 Å². The van der Waals surface area contributed by atoms with Gasteiger partial charge >= 0.3 is 47.7 Å². The molecule has 1 aromatic rings. The number of para-hydroxylation sites is 1. The second kappa shape index (κ2) is 16.0. The summed E-state index contributed by atoms with van der Waals surface area (Å²) in [4.78, 5) is 77.2. The van der Waals surface area contributed by atoms with E-state index in [1.165, 1.54) is 30.3 Å². The summed E-state index contributed by atoms with van der Waals surface area (Å²) < 4.78 is 79.6. The number of esters is 5. The van der Waals surface area contributed by atoms with E-state index in [0.717, 1.165) is 41.7 Å². The average Bonchev–Trinajstić information content (AvgIpc) is 2.93. The largest absolute Gasteiger partial charge is 0.468 e. The number of nitrogens with zero attached hydrogens (tertiary/aromatic N) is 1. The summed E-state index contributed by atoms with van der Waals surface area (Å²) in [5.74, 6) is -11.5. The van der Waals surface area contributed by atoms with E-state index in [1.54, 1.807) is 0 Å². The molecule has 0 aromatic heterocycles. The van der Waals surface area contributed by atoms with Crippen LogP contribution >= 0.6 is 0 Å². The minimum Gasteiger partial charge on any atom is -0.464 e. The Kier molecular flexibility index (Phi) is 13.0. The molecule has 1 unspecified atom stereocenters. The number of alkyl halides is 3. The maximum absolute atomic E-state index is 14.3. The van der Waals surface area contributed by atoms with Crippen LogP contribution in [0.25, 0.3) is 0 Å². The minimum atomic E-state index is -5.36. The van der Waals surface area contributed by atoms with Gasteiger partial charge in [-0.3, -0.25) is 24.0 Å². The van der Waals surface area contributed by atoms with Crippen LogP contribution in [0.15, 0.2) is 35.3 Å². The van der Waals surface area contributed by atoms with Crippen molar-refractivity contribution in [3.8, 4) is 0 Å². The quantitative estimate of drug-likeness (QED) is 0.156. The number of hydrogen-bond acceptors (Lipinski definition) is 14. The van der Waals surface area contributed by atoms with Gasteiger partial charge < -0.3 is 38.5 Å². The molecule has 254 valence electrons. The van der Waals surface area contributed by atoms with E-state index < -0.39 is 97.1 Å². The van der Waals surface area contributed by atoms with Gasteiger partial charge in [-0.2, -0.15) is 13.2 Å². The summed E-state index contributed by atoms with van der Waals surface area (Å²) in [6.07, 6.45) is -13.8. The van der Waals surface area contributed by atoms with Crippen molar-refractivity contribution >= 4 is 47.3 Å². The summed E-state index contributed by atoms with van der Waals surface area (Å²) in [6, 6.07) is 5.07. The number of rotatable bonds is 11. The van der Waals surface area contributed by atoms with Gasteiger partial charge in [0.25, 0.3) is 0 Å². The summed E-state index contributed by atoms with van der Waals surface area (Å²) in [5.41, 5.74) is -0.246. The van der Waals surface area contributed by atoms with Crippen molar-refractivity contribution in [2.24, 2.45) is 4.99 Å². The molecule has 1 fully saturated rings. The number of methoxy groups -OCH3 is 1. The first-order chi connectivity index (χ1) is 21.4. The molecule has 0 spiro atoms. The minimum absolute atomic E-state index is 0.246. The third-order valence-corrected chi connectivity index (χ3v) is 5.99. The van der Waals surface area contributed by atoms with Crippen molar-refractivity contribution in [2.75, 3.05) is 13.7 Å². The molecule has 0 aliphatic carbocycles. The highest BCUT2D eigenvalue weighted by atomic mass is 19.4. The van der Waals surface area contributed by atoms with Crippen molar-refractivity contribution in [1.82, 2.24) is 5.32 Å². The number of amides is 1. The fourth-order valence-electron chi connectivity index (χ4n) is 4.42. The Labute approximate surface area is 260 Å². The van der Waals surface area contributed by atoms with Gasteiger partial charge in [-0.15, -0.1) is 0 Å². The van der Waals surface area contributed by atoms with Crippen LogP contribution in [0.2, 0.25) is 0 Å². The molecule has 15 nitrogen and oxygen atoms in total. The number of halogens is 3. The summed E-state index contributed by atoms with van der Waals surface area (Å²) in [6.45, 7) is 4.01. The number of hydrogen-bond donors (Lipinski definition) is 1. The fraction of sp³-hybridized carbons (Fsp3) is 0.536. The molecular weight excluding hydrogens is 629 g/mol. The summed E-state index contributed by atoms with van der Waals surface area (Å²) in [5, 5.41) is 2.39. The monoisotopic (exact) mass is 662 g/mol. The van der Waals surface area contributed by atoms with E-state index >= 15 is 0 Å². The van der Waals surface area contributed by atoms with E-state index in [1.807, 2.05) is 0 Å². The van der Waals surface area contributed by atoms with Crippen molar-refractivity contribution < 1.29 is 75.1 Å². The van der Waals surface area contributed by atoms with Crippen LogP contribution in [0.3, 0.4) is 0 Å². The number of benzene rings is 1. The first-order valence-corrected chi connectivity index (χ1v) is 13.5. The number of nitrogens with one attached hydrogen (secondary N) is 1. The molecule has 1 aromatic carbocycles. The Balaban J connectivity index is 2.89. The van der Waals surface area contributed by atoms with Crippen LogP contribution in [-0.2, 0) is 61.9 Å². The van der Waals surface area contributed by atoms with Gasteiger partial charge in [-0.1, -0.05) is 18.2 Å². The van der Waals surface area contributed by atoms with Crippen LogP contribution in [-0.4, -0.2) is 97.8 Å². The van der Waals surface area contributed by atoms with Crippen LogP contribution in [0.5, 0.6) is 0 Å². The van der Waals surface area contributed by atoms with Crippen LogP contribution < -0.4 is 5.32 Å². The van der Waals surface area contributed by atoms with Gasteiger partial charge in [0.2, 0.25) is 5.91 Å². The third-order valence-electron chi connectivity index (χ3n) is 5.99. The lowest BCUT2D eigenvalue weighted by molar-refractivity contribution is -0.298. The Hall–Kier alpha value is -4.74. The van der Waals surface area contributed by atoms with Gasteiger partial charge in [0.1, 0.15) is 18.8 Å². The smallest absolute Gasteiger partial charge is 0.464 e. The lowest BCUT2D eigenvalue weighted by Crippen LogP contribution is -2.69. The number of ether oxygens (including phenoxy) is 7. The molecule has 1 amide bonds. The Bertz CT molecular complexity index is 1320. The van der Waals surface area contributed by atoms with Gasteiger partial charge in [0.15, 0.2) is 12.2 Å². The SMILES string of the molecule is COC(=O)C1(OC(=Nc2ccccc2)C(F)(F)F)C[C@H](OC(C)=O)[C@@H](NC(C)=O)[C@H]([C@H](OC(C)=O)[C@@H](COC(C)=O)OC(C)=O)O1. The first-order valence-electron chi connectivity index (χ1n) is 13.5.